The maximum atomic E-state index is 12.2. The highest BCUT2D eigenvalue weighted by Crippen LogP contribution is 2.28. The molecule has 1 N–H and O–H groups in total. The summed E-state index contributed by atoms with van der Waals surface area (Å²) in [6.07, 6.45) is 6.43. The lowest BCUT2D eigenvalue weighted by atomic mass is 10.1. The summed E-state index contributed by atoms with van der Waals surface area (Å²) in [7, 11) is 1.59. The zero-order chi connectivity index (χ0) is 20.4. The molecule has 0 atom stereocenters. The molecule has 0 saturated carbocycles. The Balaban J connectivity index is 1.99. The normalized spacial score (nSPS) is 10.7. The van der Waals surface area contributed by atoms with Crippen LogP contribution in [0.1, 0.15) is 49.0 Å². The van der Waals surface area contributed by atoms with Crippen LogP contribution in [-0.4, -0.2) is 25.4 Å². The van der Waals surface area contributed by atoms with Crippen molar-refractivity contribution in [2.75, 3.05) is 19.0 Å². The molecule has 0 bridgehead atoms. The van der Waals surface area contributed by atoms with E-state index in [4.69, 9.17) is 9.47 Å². The molecule has 2 aromatic carbocycles. The number of ether oxygens (including phenoxy) is 2. The molecule has 0 spiro atoms. The number of Topliss-reactive ketones (excluding diaryl/α,β-unsaturated/α-hetero) is 1. The van der Waals surface area contributed by atoms with Gasteiger partial charge in [-0.05, 0) is 49.2 Å². The third-order valence-corrected chi connectivity index (χ3v) is 4.16. The molecule has 2 aromatic rings. The van der Waals surface area contributed by atoms with Gasteiger partial charge in [0.25, 0.3) is 0 Å². The molecule has 148 valence electrons. The van der Waals surface area contributed by atoms with Crippen molar-refractivity contribution in [3.05, 3.63) is 59.7 Å². The van der Waals surface area contributed by atoms with Gasteiger partial charge in [-0.25, -0.2) is 0 Å². The molecule has 2 rings (SSSR count). The number of hydrogen-bond donors (Lipinski definition) is 1. The Hall–Kier alpha value is -3.08. The number of carbonyl (C=O) groups is 2. The maximum Gasteiger partial charge on any atom is 0.248 e. The van der Waals surface area contributed by atoms with Gasteiger partial charge in [0.05, 0.1) is 13.7 Å². The Bertz CT molecular complexity index is 842. The number of carbonyl (C=O) groups excluding carboxylic acids is 2. The predicted octanol–water partition coefficient (Wildman–Crippen LogP) is 5.12. The second kappa shape index (κ2) is 10.9. The summed E-state index contributed by atoms with van der Waals surface area (Å²) in [6, 6.07) is 12.4. The summed E-state index contributed by atoms with van der Waals surface area (Å²) >= 11 is 0. The molecule has 0 heterocycles. The fraction of sp³-hybridized carbons (Fsp3) is 0.304. The van der Waals surface area contributed by atoms with Crippen molar-refractivity contribution in [1.82, 2.24) is 0 Å². The molecule has 28 heavy (non-hydrogen) atoms. The Morgan fingerprint density at radius 1 is 1.07 bits per heavy atom. The summed E-state index contributed by atoms with van der Waals surface area (Å²) in [5.74, 6) is 1.00. The first kappa shape index (κ1) is 21.2. The first-order valence-corrected chi connectivity index (χ1v) is 9.44. The molecule has 0 unspecified atom stereocenters. The number of benzene rings is 2. The fourth-order valence-electron chi connectivity index (χ4n) is 2.61. The third-order valence-electron chi connectivity index (χ3n) is 4.16. The second-order valence-electron chi connectivity index (χ2n) is 6.43. The monoisotopic (exact) mass is 381 g/mol. The minimum atomic E-state index is -0.278. The Labute approximate surface area is 166 Å². The van der Waals surface area contributed by atoms with E-state index in [0.29, 0.717) is 29.4 Å². The SMILES string of the molecule is CCCCCOc1ccc(/C=C/C(=O)Nc2cccc(C(C)=O)c2)cc1OC. The lowest BCUT2D eigenvalue weighted by Gasteiger charge is -2.11. The van der Waals surface area contributed by atoms with Crippen molar-refractivity contribution in [1.29, 1.82) is 0 Å². The van der Waals surface area contributed by atoms with E-state index in [-0.39, 0.29) is 11.7 Å². The lowest BCUT2D eigenvalue weighted by Crippen LogP contribution is -2.08. The molecule has 5 nitrogen and oxygen atoms in total. The summed E-state index contributed by atoms with van der Waals surface area (Å²) in [5.41, 5.74) is 1.96. The number of ketones is 1. The van der Waals surface area contributed by atoms with Gasteiger partial charge in [-0.2, -0.15) is 0 Å². The molecule has 0 aliphatic carbocycles. The van der Waals surface area contributed by atoms with Gasteiger partial charge in [-0.3, -0.25) is 9.59 Å². The number of rotatable bonds is 10. The van der Waals surface area contributed by atoms with Crippen molar-refractivity contribution in [2.24, 2.45) is 0 Å². The molecule has 0 radical (unpaired) electrons. The zero-order valence-electron chi connectivity index (χ0n) is 16.7. The van der Waals surface area contributed by atoms with E-state index >= 15 is 0 Å². The summed E-state index contributed by atoms with van der Waals surface area (Å²) in [6.45, 7) is 4.30. The van der Waals surface area contributed by atoms with Crippen LogP contribution in [0.15, 0.2) is 48.5 Å². The molecule has 0 aliphatic heterocycles. The Morgan fingerprint density at radius 3 is 2.61 bits per heavy atom. The van der Waals surface area contributed by atoms with Crippen LogP contribution in [0.2, 0.25) is 0 Å². The molecule has 0 aliphatic rings. The number of methoxy groups -OCH3 is 1. The minimum Gasteiger partial charge on any atom is -0.493 e. The first-order valence-electron chi connectivity index (χ1n) is 9.44. The van der Waals surface area contributed by atoms with Crippen molar-refractivity contribution in [3.8, 4) is 11.5 Å². The van der Waals surface area contributed by atoms with E-state index in [0.717, 1.165) is 24.8 Å². The van der Waals surface area contributed by atoms with Crippen LogP contribution in [0.3, 0.4) is 0 Å². The van der Waals surface area contributed by atoms with Gasteiger partial charge in [0.15, 0.2) is 17.3 Å². The Morgan fingerprint density at radius 2 is 1.89 bits per heavy atom. The minimum absolute atomic E-state index is 0.0456. The average Bonchev–Trinajstić information content (AvgIpc) is 2.70. The first-order chi connectivity index (χ1) is 13.5. The molecule has 1 amide bonds. The lowest BCUT2D eigenvalue weighted by molar-refractivity contribution is -0.111. The number of unbranched alkanes of at least 4 members (excludes halogenated alkanes) is 2. The van der Waals surface area contributed by atoms with E-state index in [1.54, 1.807) is 37.5 Å². The van der Waals surface area contributed by atoms with Gasteiger partial charge in [0, 0.05) is 17.3 Å². The van der Waals surface area contributed by atoms with Gasteiger partial charge in [-0.1, -0.05) is 38.0 Å². The third kappa shape index (κ3) is 6.58. The predicted molar refractivity (Wildman–Crippen MR) is 112 cm³/mol. The van der Waals surface area contributed by atoms with Gasteiger partial charge in [0.1, 0.15) is 0 Å². The number of nitrogens with one attached hydrogen (secondary N) is 1. The number of anilines is 1. The van der Waals surface area contributed by atoms with Gasteiger partial charge in [-0.15, -0.1) is 0 Å². The van der Waals surface area contributed by atoms with E-state index < -0.39 is 0 Å². The summed E-state index contributed by atoms with van der Waals surface area (Å²) in [4.78, 5) is 23.6. The van der Waals surface area contributed by atoms with Crippen molar-refractivity contribution < 1.29 is 19.1 Å². The highest BCUT2D eigenvalue weighted by atomic mass is 16.5. The van der Waals surface area contributed by atoms with Crippen LogP contribution in [-0.2, 0) is 4.79 Å². The highest BCUT2D eigenvalue weighted by molar-refractivity contribution is 6.03. The molecular weight excluding hydrogens is 354 g/mol. The number of hydrogen-bond acceptors (Lipinski definition) is 4. The molecule has 5 heteroatoms. The largest absolute Gasteiger partial charge is 0.493 e. The Kier molecular flexibility index (Phi) is 8.28. The average molecular weight is 381 g/mol. The molecule has 0 fully saturated rings. The molecule has 0 aromatic heterocycles. The van der Waals surface area contributed by atoms with Gasteiger partial charge < -0.3 is 14.8 Å². The van der Waals surface area contributed by atoms with E-state index in [9.17, 15) is 9.59 Å². The van der Waals surface area contributed by atoms with E-state index in [1.165, 1.54) is 13.0 Å². The number of amides is 1. The topological polar surface area (TPSA) is 64.6 Å². The fourth-order valence-corrected chi connectivity index (χ4v) is 2.61. The standard InChI is InChI=1S/C23H27NO4/c1-4-5-6-14-28-21-12-10-18(15-22(21)27-3)11-13-23(26)24-20-9-7-8-19(16-20)17(2)25/h7-13,15-16H,4-6,14H2,1-3H3,(H,24,26)/b13-11+. The molecular formula is C23H27NO4. The van der Waals surface area contributed by atoms with Crippen LogP contribution in [0.5, 0.6) is 11.5 Å². The van der Waals surface area contributed by atoms with Crippen LogP contribution in [0.4, 0.5) is 5.69 Å². The summed E-state index contributed by atoms with van der Waals surface area (Å²) < 4.78 is 11.2. The van der Waals surface area contributed by atoms with Crippen molar-refractivity contribution >= 4 is 23.5 Å². The van der Waals surface area contributed by atoms with Crippen LogP contribution in [0, 0.1) is 0 Å². The maximum absolute atomic E-state index is 12.2. The van der Waals surface area contributed by atoms with Crippen LogP contribution >= 0.6 is 0 Å². The summed E-state index contributed by atoms with van der Waals surface area (Å²) in [5, 5.41) is 2.75. The van der Waals surface area contributed by atoms with E-state index in [1.807, 2.05) is 18.2 Å². The smallest absolute Gasteiger partial charge is 0.248 e. The van der Waals surface area contributed by atoms with Crippen LogP contribution in [0.25, 0.3) is 6.08 Å². The van der Waals surface area contributed by atoms with Gasteiger partial charge >= 0.3 is 0 Å². The van der Waals surface area contributed by atoms with Gasteiger partial charge in [0.2, 0.25) is 5.91 Å². The van der Waals surface area contributed by atoms with Crippen molar-refractivity contribution in [3.63, 3.8) is 0 Å². The van der Waals surface area contributed by atoms with Crippen molar-refractivity contribution in [2.45, 2.75) is 33.1 Å². The zero-order valence-corrected chi connectivity index (χ0v) is 16.7. The second-order valence-corrected chi connectivity index (χ2v) is 6.43. The van der Waals surface area contributed by atoms with E-state index in [2.05, 4.69) is 12.2 Å². The highest BCUT2D eigenvalue weighted by Gasteiger charge is 2.06. The quantitative estimate of drug-likeness (QED) is 0.352. The molecule has 0 saturated heterocycles. The van der Waals surface area contributed by atoms with Crippen LogP contribution < -0.4 is 14.8 Å².